The highest BCUT2D eigenvalue weighted by Crippen LogP contribution is 2.45. The van der Waals surface area contributed by atoms with E-state index in [2.05, 4.69) is 0 Å². The van der Waals surface area contributed by atoms with E-state index in [0.717, 1.165) is 11.1 Å². The molecule has 0 unspecified atom stereocenters. The molecule has 118 valence electrons. The van der Waals surface area contributed by atoms with E-state index in [-0.39, 0.29) is 26.1 Å². The highest BCUT2D eigenvalue weighted by atomic mass is 16.6. The van der Waals surface area contributed by atoms with Crippen LogP contribution in [0.25, 0.3) is 0 Å². The number of carbonyl (C=O) groups is 3. The summed E-state index contributed by atoms with van der Waals surface area (Å²) in [5.41, 5.74) is -0.212. The molecule has 0 bridgehead atoms. The first-order valence-corrected chi connectivity index (χ1v) is 7.01. The minimum absolute atomic E-state index is 0.0187. The first-order chi connectivity index (χ1) is 9.81. The van der Waals surface area contributed by atoms with Crippen LogP contribution in [-0.2, 0) is 23.9 Å². The number of rotatable bonds is 5. The molecule has 0 N–H and O–H groups in total. The van der Waals surface area contributed by atoms with E-state index in [1.165, 1.54) is 0 Å². The van der Waals surface area contributed by atoms with Gasteiger partial charge in [0, 0.05) is 11.9 Å². The van der Waals surface area contributed by atoms with Crippen LogP contribution in [0.1, 0.15) is 40.5 Å². The van der Waals surface area contributed by atoms with Gasteiger partial charge in [-0.15, -0.1) is 0 Å². The summed E-state index contributed by atoms with van der Waals surface area (Å²) in [4.78, 5) is 36.2. The van der Waals surface area contributed by atoms with Gasteiger partial charge in [0.2, 0.25) is 0 Å². The van der Waals surface area contributed by atoms with Crippen LogP contribution in [0.5, 0.6) is 0 Å². The number of hydrogen-bond donors (Lipinski definition) is 0. The van der Waals surface area contributed by atoms with Crippen molar-refractivity contribution >= 4 is 17.9 Å². The number of carboxylic acid groups (broad SMARTS) is 1. The molecule has 0 aromatic carbocycles. The SMILES string of the molecule is CCOC(=O)C1(C(=O)OCC)CC(C)=C(C)C[C@H]1C(=O)[O-]. The van der Waals surface area contributed by atoms with Gasteiger partial charge in [-0.05, 0) is 40.5 Å². The molecule has 0 heterocycles. The Morgan fingerprint density at radius 1 is 1.10 bits per heavy atom. The maximum atomic E-state index is 12.4. The molecule has 0 fully saturated rings. The molecule has 6 nitrogen and oxygen atoms in total. The second kappa shape index (κ2) is 6.74. The van der Waals surface area contributed by atoms with Gasteiger partial charge >= 0.3 is 11.9 Å². The first-order valence-electron chi connectivity index (χ1n) is 7.01. The summed E-state index contributed by atoms with van der Waals surface area (Å²) in [5, 5.41) is 11.5. The Balaban J connectivity index is 3.40. The summed E-state index contributed by atoms with van der Waals surface area (Å²) < 4.78 is 9.93. The zero-order valence-corrected chi connectivity index (χ0v) is 12.9. The second-order valence-corrected chi connectivity index (χ2v) is 5.23. The number of carboxylic acids is 1. The third-order valence-electron chi connectivity index (χ3n) is 3.94. The lowest BCUT2D eigenvalue weighted by Crippen LogP contribution is -2.55. The predicted octanol–water partition coefficient (Wildman–Crippen LogP) is 0.595. The van der Waals surface area contributed by atoms with Gasteiger partial charge in [-0.2, -0.15) is 0 Å². The number of carbonyl (C=O) groups excluding carboxylic acids is 3. The van der Waals surface area contributed by atoms with Crippen LogP contribution in [0.4, 0.5) is 0 Å². The molecule has 1 rings (SSSR count). The first kappa shape index (κ1) is 17.2. The predicted molar refractivity (Wildman–Crippen MR) is 71.8 cm³/mol. The third-order valence-corrected chi connectivity index (χ3v) is 3.94. The normalized spacial score (nSPS) is 20.9. The fraction of sp³-hybridized carbons (Fsp3) is 0.667. The van der Waals surface area contributed by atoms with Crippen LogP contribution in [0.15, 0.2) is 11.1 Å². The maximum absolute atomic E-state index is 12.4. The molecule has 0 aromatic heterocycles. The summed E-state index contributed by atoms with van der Waals surface area (Å²) in [6.45, 7) is 6.87. The Kier molecular flexibility index (Phi) is 5.52. The molecule has 21 heavy (non-hydrogen) atoms. The Bertz CT molecular complexity index is 459. The molecule has 0 spiro atoms. The molecular formula is C15H21O6-. The van der Waals surface area contributed by atoms with Gasteiger partial charge in [0.05, 0.1) is 13.2 Å². The summed E-state index contributed by atoms with van der Waals surface area (Å²) in [5.74, 6) is -4.43. The lowest BCUT2D eigenvalue weighted by atomic mass is 9.64. The molecule has 0 aromatic rings. The quantitative estimate of drug-likeness (QED) is 0.419. The average Bonchev–Trinajstić information content (AvgIpc) is 2.41. The third kappa shape index (κ3) is 3.09. The van der Waals surface area contributed by atoms with Gasteiger partial charge < -0.3 is 19.4 Å². The largest absolute Gasteiger partial charge is 0.550 e. The van der Waals surface area contributed by atoms with Crippen LogP contribution < -0.4 is 5.11 Å². The highest BCUT2D eigenvalue weighted by Gasteiger charge is 2.57. The molecule has 0 radical (unpaired) electrons. The van der Waals surface area contributed by atoms with E-state index in [1.54, 1.807) is 27.7 Å². The zero-order valence-electron chi connectivity index (χ0n) is 12.9. The zero-order chi connectivity index (χ0) is 16.2. The van der Waals surface area contributed by atoms with Crippen LogP contribution in [0, 0.1) is 11.3 Å². The van der Waals surface area contributed by atoms with E-state index in [9.17, 15) is 19.5 Å². The summed E-state index contributed by atoms with van der Waals surface area (Å²) in [7, 11) is 0. The van der Waals surface area contributed by atoms with Crippen LogP contribution >= 0.6 is 0 Å². The highest BCUT2D eigenvalue weighted by molar-refractivity contribution is 6.04. The van der Waals surface area contributed by atoms with Crippen molar-refractivity contribution in [2.24, 2.45) is 11.3 Å². The van der Waals surface area contributed by atoms with Gasteiger partial charge in [-0.3, -0.25) is 9.59 Å². The van der Waals surface area contributed by atoms with Crippen molar-refractivity contribution in [3.05, 3.63) is 11.1 Å². The Labute approximate surface area is 124 Å². The topological polar surface area (TPSA) is 92.7 Å². The molecule has 0 aliphatic heterocycles. The molecule has 1 atom stereocenters. The van der Waals surface area contributed by atoms with Crippen molar-refractivity contribution in [1.29, 1.82) is 0 Å². The van der Waals surface area contributed by atoms with Crippen molar-refractivity contribution in [3.63, 3.8) is 0 Å². The van der Waals surface area contributed by atoms with Gasteiger partial charge in [-0.25, -0.2) is 0 Å². The molecule has 6 heteroatoms. The minimum Gasteiger partial charge on any atom is -0.550 e. The summed E-state index contributed by atoms with van der Waals surface area (Å²) in [6.07, 6.45) is 0.0565. The number of hydrogen-bond acceptors (Lipinski definition) is 6. The van der Waals surface area contributed by atoms with Crippen molar-refractivity contribution in [1.82, 2.24) is 0 Å². The van der Waals surface area contributed by atoms with Gasteiger partial charge in [-0.1, -0.05) is 11.1 Å². The molecule has 0 amide bonds. The van der Waals surface area contributed by atoms with Crippen LogP contribution in [0.3, 0.4) is 0 Å². The fourth-order valence-corrected chi connectivity index (χ4v) is 2.66. The van der Waals surface area contributed by atoms with Crippen molar-refractivity contribution in [3.8, 4) is 0 Å². The molecular weight excluding hydrogens is 276 g/mol. The van der Waals surface area contributed by atoms with Crippen molar-refractivity contribution in [2.75, 3.05) is 13.2 Å². The van der Waals surface area contributed by atoms with Gasteiger partial charge in [0.1, 0.15) is 0 Å². The molecule has 0 saturated carbocycles. The Hall–Kier alpha value is -1.85. The van der Waals surface area contributed by atoms with Crippen molar-refractivity contribution in [2.45, 2.75) is 40.5 Å². The Morgan fingerprint density at radius 3 is 1.95 bits per heavy atom. The lowest BCUT2D eigenvalue weighted by molar-refractivity contribution is -0.315. The molecule has 1 aliphatic carbocycles. The standard InChI is InChI=1S/C15H22O6/c1-5-20-13(18)15(14(19)21-6-2)8-10(4)9(3)7-11(15)12(16)17/h11H,5-8H2,1-4H3,(H,16,17)/p-1/t11-/m0/s1. The summed E-state index contributed by atoms with van der Waals surface area (Å²) >= 11 is 0. The number of ether oxygens (including phenoxy) is 2. The smallest absolute Gasteiger partial charge is 0.324 e. The lowest BCUT2D eigenvalue weighted by Gasteiger charge is -2.40. The number of allylic oxidation sites excluding steroid dienone is 2. The van der Waals surface area contributed by atoms with E-state index in [1.807, 2.05) is 0 Å². The van der Waals surface area contributed by atoms with E-state index >= 15 is 0 Å². The summed E-state index contributed by atoms with van der Waals surface area (Å²) in [6, 6.07) is 0. The van der Waals surface area contributed by atoms with Gasteiger partial charge in [0.25, 0.3) is 0 Å². The monoisotopic (exact) mass is 297 g/mol. The fourth-order valence-electron chi connectivity index (χ4n) is 2.66. The second-order valence-electron chi connectivity index (χ2n) is 5.23. The van der Waals surface area contributed by atoms with E-state index < -0.39 is 29.2 Å². The van der Waals surface area contributed by atoms with E-state index in [0.29, 0.717) is 0 Å². The van der Waals surface area contributed by atoms with Gasteiger partial charge in [0.15, 0.2) is 5.41 Å². The number of esters is 2. The maximum Gasteiger partial charge on any atom is 0.324 e. The molecule has 1 aliphatic rings. The average molecular weight is 297 g/mol. The van der Waals surface area contributed by atoms with Crippen LogP contribution in [0.2, 0.25) is 0 Å². The van der Waals surface area contributed by atoms with Crippen molar-refractivity contribution < 1.29 is 29.0 Å². The number of aliphatic carboxylic acids is 1. The Morgan fingerprint density at radius 2 is 1.57 bits per heavy atom. The van der Waals surface area contributed by atoms with Crippen LogP contribution in [-0.4, -0.2) is 31.1 Å². The minimum atomic E-state index is -1.85. The van der Waals surface area contributed by atoms with E-state index in [4.69, 9.17) is 9.47 Å². The molecule has 0 saturated heterocycles.